The molecule has 0 bridgehead atoms. The van der Waals surface area contributed by atoms with Crippen molar-refractivity contribution in [3.05, 3.63) is 30.1 Å². The number of amides is 1. The monoisotopic (exact) mass is 340 g/mol. The first kappa shape index (κ1) is 17.7. The van der Waals surface area contributed by atoms with Crippen LogP contribution in [0.1, 0.15) is 39.2 Å². The topological polar surface area (TPSA) is 76.6 Å². The summed E-state index contributed by atoms with van der Waals surface area (Å²) in [5.74, 6) is -0.00204. The summed E-state index contributed by atoms with van der Waals surface area (Å²) in [7, 11) is -3.24. The highest BCUT2D eigenvalue weighted by Crippen LogP contribution is 2.22. The second-order valence-electron chi connectivity index (χ2n) is 6.84. The molecule has 0 atom stereocenters. The zero-order chi connectivity index (χ0) is 17.1. The van der Waals surface area contributed by atoms with Crippen molar-refractivity contribution in [1.82, 2.24) is 9.88 Å². The molecular formula is C16H24N2O4S. The van der Waals surface area contributed by atoms with Crippen LogP contribution >= 0.6 is 0 Å². The summed E-state index contributed by atoms with van der Waals surface area (Å²) < 4.78 is 30.3. The number of ether oxygens (including phenoxy) is 1. The quantitative estimate of drug-likeness (QED) is 0.844. The number of hydrogen-bond donors (Lipinski definition) is 0. The molecule has 1 aliphatic heterocycles. The maximum Gasteiger partial charge on any atom is 0.410 e. The predicted octanol–water partition coefficient (Wildman–Crippen LogP) is 2.40. The Hall–Kier alpha value is -1.63. The van der Waals surface area contributed by atoms with Gasteiger partial charge in [-0.1, -0.05) is 6.07 Å². The number of rotatable bonds is 3. The molecule has 0 spiro atoms. The maximum atomic E-state index is 12.5. The molecule has 2 rings (SSSR count). The van der Waals surface area contributed by atoms with Gasteiger partial charge in [0.25, 0.3) is 0 Å². The number of carbonyl (C=O) groups is 1. The highest BCUT2D eigenvalue weighted by molar-refractivity contribution is 7.91. The number of hydrogen-bond acceptors (Lipinski definition) is 5. The molecule has 1 aliphatic rings. The lowest BCUT2D eigenvalue weighted by atomic mass is 10.1. The second kappa shape index (κ2) is 6.86. The first-order valence-electron chi connectivity index (χ1n) is 7.76. The first-order chi connectivity index (χ1) is 10.7. The van der Waals surface area contributed by atoms with E-state index < -0.39 is 20.7 Å². The molecule has 1 aromatic rings. The molecule has 0 radical (unpaired) electrons. The smallest absolute Gasteiger partial charge is 0.410 e. The third kappa shape index (κ3) is 5.20. The molecule has 7 heteroatoms. The van der Waals surface area contributed by atoms with Crippen molar-refractivity contribution in [3.8, 4) is 0 Å². The number of piperidine rings is 1. The van der Waals surface area contributed by atoms with E-state index in [-0.39, 0.29) is 11.8 Å². The van der Waals surface area contributed by atoms with E-state index in [2.05, 4.69) is 4.98 Å². The van der Waals surface area contributed by atoms with Gasteiger partial charge in [0.05, 0.1) is 11.0 Å². The van der Waals surface area contributed by atoms with Crippen LogP contribution in [0.5, 0.6) is 0 Å². The average molecular weight is 340 g/mol. The van der Waals surface area contributed by atoms with E-state index in [1.54, 1.807) is 29.4 Å². The van der Waals surface area contributed by atoms with Crippen molar-refractivity contribution in [1.29, 1.82) is 0 Å². The minimum absolute atomic E-state index is 0.00204. The van der Waals surface area contributed by atoms with E-state index in [4.69, 9.17) is 4.74 Å². The largest absolute Gasteiger partial charge is 0.444 e. The van der Waals surface area contributed by atoms with Crippen LogP contribution in [0.4, 0.5) is 4.79 Å². The molecule has 128 valence electrons. The fourth-order valence-corrected chi connectivity index (χ4v) is 4.36. The summed E-state index contributed by atoms with van der Waals surface area (Å²) in [4.78, 5) is 17.5. The van der Waals surface area contributed by atoms with Crippen molar-refractivity contribution in [2.75, 3.05) is 13.1 Å². The summed E-state index contributed by atoms with van der Waals surface area (Å²) in [6, 6.07) is 3.50. The highest BCUT2D eigenvalue weighted by atomic mass is 32.2. The van der Waals surface area contributed by atoms with Gasteiger partial charge < -0.3 is 9.64 Å². The number of sulfone groups is 1. The molecule has 0 saturated carbocycles. The Kier molecular flexibility index (Phi) is 5.29. The van der Waals surface area contributed by atoms with Crippen LogP contribution in [0.15, 0.2) is 24.5 Å². The van der Waals surface area contributed by atoms with Gasteiger partial charge >= 0.3 is 6.09 Å². The van der Waals surface area contributed by atoms with Gasteiger partial charge in [0.2, 0.25) is 0 Å². The molecule has 1 fully saturated rings. The normalized spacial score (nSPS) is 17.1. The van der Waals surface area contributed by atoms with Gasteiger partial charge in [0.15, 0.2) is 9.84 Å². The van der Waals surface area contributed by atoms with Gasteiger partial charge in [-0.05, 0) is 45.2 Å². The molecule has 2 heterocycles. The Morgan fingerprint density at radius 1 is 1.35 bits per heavy atom. The summed E-state index contributed by atoms with van der Waals surface area (Å²) >= 11 is 0. The van der Waals surface area contributed by atoms with Gasteiger partial charge in [-0.2, -0.15) is 0 Å². The van der Waals surface area contributed by atoms with E-state index in [0.717, 1.165) is 0 Å². The minimum Gasteiger partial charge on any atom is -0.444 e. The molecule has 1 aromatic heterocycles. The van der Waals surface area contributed by atoms with E-state index in [0.29, 0.717) is 31.5 Å². The Morgan fingerprint density at radius 2 is 2.00 bits per heavy atom. The van der Waals surface area contributed by atoms with Crippen molar-refractivity contribution >= 4 is 15.9 Å². The maximum absolute atomic E-state index is 12.5. The van der Waals surface area contributed by atoms with E-state index >= 15 is 0 Å². The molecule has 6 nitrogen and oxygen atoms in total. The molecule has 0 aliphatic carbocycles. The standard InChI is InChI=1S/C16H24N2O4S/c1-16(2,3)22-15(19)18-9-6-14(7-10-18)23(20,21)12-13-5-4-8-17-11-13/h4-5,8,11,14H,6-7,9-10,12H2,1-3H3. The molecule has 0 unspecified atom stereocenters. The summed E-state index contributed by atoms with van der Waals surface area (Å²) in [6.07, 6.45) is 3.72. The number of carbonyl (C=O) groups excluding carboxylic acids is 1. The number of nitrogens with zero attached hydrogens (tertiary/aromatic N) is 2. The summed E-state index contributed by atoms with van der Waals surface area (Å²) in [6.45, 7) is 6.26. The zero-order valence-corrected chi connectivity index (χ0v) is 14.7. The molecular weight excluding hydrogens is 316 g/mol. The van der Waals surface area contributed by atoms with Crippen LogP contribution in [0, 0.1) is 0 Å². The van der Waals surface area contributed by atoms with Crippen LogP contribution in [0.3, 0.4) is 0 Å². The lowest BCUT2D eigenvalue weighted by molar-refractivity contribution is 0.0217. The van der Waals surface area contributed by atoms with Crippen molar-refractivity contribution in [2.45, 2.75) is 50.2 Å². The average Bonchev–Trinajstić information content (AvgIpc) is 2.46. The number of pyridine rings is 1. The Morgan fingerprint density at radius 3 is 2.52 bits per heavy atom. The zero-order valence-electron chi connectivity index (χ0n) is 13.9. The third-order valence-electron chi connectivity index (χ3n) is 3.69. The number of aromatic nitrogens is 1. The van der Waals surface area contributed by atoms with Crippen molar-refractivity contribution in [2.24, 2.45) is 0 Å². The SMILES string of the molecule is CC(C)(C)OC(=O)N1CCC(S(=O)(=O)Cc2cccnc2)CC1. The van der Waals surface area contributed by atoms with Crippen molar-refractivity contribution in [3.63, 3.8) is 0 Å². The lowest BCUT2D eigenvalue weighted by Gasteiger charge is -2.33. The van der Waals surface area contributed by atoms with Crippen LogP contribution in [-0.2, 0) is 20.3 Å². The van der Waals surface area contributed by atoms with Gasteiger partial charge in [-0.3, -0.25) is 4.98 Å². The summed E-state index contributed by atoms with van der Waals surface area (Å²) in [5.41, 5.74) is 0.155. The minimum atomic E-state index is -3.24. The first-order valence-corrected chi connectivity index (χ1v) is 9.47. The highest BCUT2D eigenvalue weighted by Gasteiger charge is 2.33. The van der Waals surface area contributed by atoms with Crippen LogP contribution in [-0.4, -0.2) is 48.3 Å². The van der Waals surface area contributed by atoms with Gasteiger partial charge in [-0.15, -0.1) is 0 Å². The van der Waals surface area contributed by atoms with E-state index in [1.807, 2.05) is 20.8 Å². The van der Waals surface area contributed by atoms with Crippen molar-refractivity contribution < 1.29 is 17.9 Å². The van der Waals surface area contributed by atoms with Crippen LogP contribution in [0.2, 0.25) is 0 Å². The lowest BCUT2D eigenvalue weighted by Crippen LogP contribution is -2.44. The van der Waals surface area contributed by atoms with Crippen LogP contribution in [0.25, 0.3) is 0 Å². The number of likely N-dealkylation sites (tertiary alicyclic amines) is 1. The predicted molar refractivity (Wildman–Crippen MR) is 87.7 cm³/mol. The molecule has 1 saturated heterocycles. The Labute approximate surface area is 137 Å². The summed E-state index contributed by atoms with van der Waals surface area (Å²) in [5, 5.41) is -0.415. The fraction of sp³-hybridized carbons (Fsp3) is 0.625. The molecule has 1 amide bonds. The van der Waals surface area contributed by atoms with Gasteiger partial charge in [0.1, 0.15) is 5.60 Å². The third-order valence-corrected chi connectivity index (χ3v) is 5.92. The van der Waals surface area contributed by atoms with E-state index in [1.165, 1.54) is 0 Å². The fourth-order valence-electron chi connectivity index (χ4n) is 2.56. The van der Waals surface area contributed by atoms with E-state index in [9.17, 15) is 13.2 Å². The van der Waals surface area contributed by atoms with Gasteiger partial charge in [-0.25, -0.2) is 13.2 Å². The molecule has 23 heavy (non-hydrogen) atoms. The molecule has 0 aromatic carbocycles. The molecule has 0 N–H and O–H groups in total. The second-order valence-corrected chi connectivity index (χ2v) is 9.12. The van der Waals surface area contributed by atoms with Crippen LogP contribution < -0.4 is 0 Å². The Bertz CT molecular complexity index is 630. The Balaban J connectivity index is 1.92. The van der Waals surface area contributed by atoms with Gasteiger partial charge in [0, 0.05) is 25.5 Å².